The fourth-order valence-electron chi connectivity index (χ4n) is 1.74. The number of carbonyl (C=O) groups excluding carboxylic acids is 1. The Bertz CT molecular complexity index is 507. The molecular formula is C13H18N2O4S. The van der Waals surface area contributed by atoms with Crippen LogP contribution in [0.3, 0.4) is 0 Å². The molecule has 0 aliphatic carbocycles. The van der Waals surface area contributed by atoms with Gasteiger partial charge < -0.3 is 20.1 Å². The predicted molar refractivity (Wildman–Crippen MR) is 77.9 cm³/mol. The molecule has 1 heterocycles. The number of nitrogens with one attached hydrogen (secondary N) is 2. The van der Waals surface area contributed by atoms with E-state index >= 15 is 0 Å². The highest BCUT2D eigenvalue weighted by molar-refractivity contribution is 7.84. The van der Waals surface area contributed by atoms with Crippen LogP contribution in [0.15, 0.2) is 18.2 Å². The molecule has 0 saturated heterocycles. The maximum absolute atomic E-state index is 11.7. The van der Waals surface area contributed by atoms with Gasteiger partial charge in [-0.1, -0.05) is 0 Å². The number of hydrogen-bond donors (Lipinski definition) is 2. The number of hydrogen-bond acceptors (Lipinski definition) is 5. The first-order chi connectivity index (χ1) is 9.65. The van der Waals surface area contributed by atoms with E-state index in [2.05, 4.69) is 10.6 Å². The zero-order chi connectivity index (χ0) is 14.4. The van der Waals surface area contributed by atoms with Crippen LogP contribution < -0.4 is 20.1 Å². The number of fused-ring (bicyclic) bond motifs is 1. The van der Waals surface area contributed by atoms with Crippen LogP contribution in [0, 0.1) is 0 Å². The SMILES string of the molecule is CS(=O)CCNCC(=O)Nc1ccc2c(c1)OCCO2. The minimum atomic E-state index is -0.845. The summed E-state index contributed by atoms with van der Waals surface area (Å²) in [5.41, 5.74) is 0.667. The van der Waals surface area contributed by atoms with Crippen LogP contribution in [0.25, 0.3) is 0 Å². The zero-order valence-electron chi connectivity index (χ0n) is 11.3. The van der Waals surface area contributed by atoms with Gasteiger partial charge in [0, 0.05) is 41.1 Å². The first-order valence-corrected chi connectivity index (χ1v) is 8.08. The summed E-state index contributed by atoms with van der Waals surface area (Å²) in [5, 5.41) is 5.71. The maximum atomic E-state index is 11.7. The molecule has 1 aromatic rings. The lowest BCUT2D eigenvalue weighted by molar-refractivity contribution is -0.115. The third kappa shape index (κ3) is 4.50. The second-order valence-electron chi connectivity index (χ2n) is 4.36. The third-order valence-corrected chi connectivity index (χ3v) is 3.46. The standard InChI is InChI=1S/C13H18N2O4S/c1-20(17)7-4-14-9-13(16)15-10-2-3-11-12(8-10)19-6-5-18-11/h2-3,8,14H,4-7,9H2,1H3,(H,15,16). The summed E-state index contributed by atoms with van der Waals surface area (Å²) in [5.74, 6) is 1.72. The van der Waals surface area contributed by atoms with E-state index < -0.39 is 10.8 Å². The fraction of sp³-hybridized carbons (Fsp3) is 0.462. The van der Waals surface area contributed by atoms with E-state index in [9.17, 15) is 9.00 Å². The summed E-state index contributed by atoms with van der Waals surface area (Å²) < 4.78 is 21.7. The van der Waals surface area contributed by atoms with Crippen LogP contribution in [0.1, 0.15) is 0 Å². The molecule has 1 aliphatic rings. The average Bonchev–Trinajstić information content (AvgIpc) is 2.43. The molecule has 0 radical (unpaired) electrons. The Labute approximate surface area is 120 Å². The number of ether oxygens (including phenoxy) is 2. The van der Waals surface area contributed by atoms with Crippen molar-refractivity contribution < 1.29 is 18.5 Å². The number of rotatable bonds is 6. The van der Waals surface area contributed by atoms with E-state index in [1.807, 2.05) is 0 Å². The Hall–Kier alpha value is -1.60. The Morgan fingerprint density at radius 3 is 2.80 bits per heavy atom. The Balaban J connectivity index is 1.80. The topological polar surface area (TPSA) is 76.7 Å². The number of amides is 1. The summed E-state index contributed by atoms with van der Waals surface area (Å²) in [7, 11) is -0.845. The fourth-order valence-corrected chi connectivity index (χ4v) is 2.18. The molecule has 0 spiro atoms. The van der Waals surface area contributed by atoms with E-state index in [1.54, 1.807) is 24.5 Å². The van der Waals surface area contributed by atoms with Crippen molar-refractivity contribution >= 4 is 22.4 Å². The van der Waals surface area contributed by atoms with Crippen LogP contribution in [-0.4, -0.2) is 48.4 Å². The molecule has 1 unspecified atom stereocenters. The molecule has 0 bridgehead atoms. The minimum absolute atomic E-state index is 0.149. The molecule has 0 saturated carbocycles. The van der Waals surface area contributed by atoms with E-state index in [-0.39, 0.29) is 12.5 Å². The number of carbonyl (C=O) groups is 1. The van der Waals surface area contributed by atoms with Gasteiger partial charge >= 0.3 is 0 Å². The Kier molecular flexibility index (Phi) is 5.37. The van der Waals surface area contributed by atoms with E-state index in [1.165, 1.54) is 0 Å². The largest absolute Gasteiger partial charge is 0.486 e. The van der Waals surface area contributed by atoms with Gasteiger partial charge in [-0.25, -0.2) is 0 Å². The van der Waals surface area contributed by atoms with Gasteiger partial charge in [0.15, 0.2) is 11.5 Å². The van der Waals surface area contributed by atoms with Crippen LogP contribution in [0.4, 0.5) is 5.69 Å². The molecule has 2 rings (SSSR count). The van der Waals surface area contributed by atoms with E-state index in [0.717, 1.165) is 0 Å². The molecule has 7 heteroatoms. The molecule has 1 aromatic carbocycles. The highest BCUT2D eigenvalue weighted by Crippen LogP contribution is 2.32. The van der Waals surface area contributed by atoms with Crippen molar-refractivity contribution in [3.05, 3.63) is 18.2 Å². The smallest absolute Gasteiger partial charge is 0.238 e. The number of anilines is 1. The normalized spacial score (nSPS) is 14.7. The molecule has 1 amide bonds. The molecular weight excluding hydrogens is 280 g/mol. The Morgan fingerprint density at radius 1 is 1.30 bits per heavy atom. The monoisotopic (exact) mass is 298 g/mol. The summed E-state index contributed by atoms with van der Waals surface area (Å²) >= 11 is 0. The van der Waals surface area contributed by atoms with E-state index in [4.69, 9.17) is 9.47 Å². The van der Waals surface area contributed by atoms with Crippen molar-refractivity contribution in [1.29, 1.82) is 0 Å². The highest BCUT2D eigenvalue weighted by atomic mass is 32.2. The van der Waals surface area contributed by atoms with Gasteiger partial charge in [-0.05, 0) is 12.1 Å². The van der Waals surface area contributed by atoms with Gasteiger partial charge in [-0.3, -0.25) is 9.00 Å². The summed E-state index contributed by atoms with van der Waals surface area (Å²) in [6, 6.07) is 5.29. The molecule has 2 N–H and O–H groups in total. The average molecular weight is 298 g/mol. The van der Waals surface area contributed by atoms with Gasteiger partial charge in [0.05, 0.1) is 6.54 Å². The number of benzene rings is 1. The van der Waals surface area contributed by atoms with Crippen molar-refractivity contribution in [2.45, 2.75) is 0 Å². The first kappa shape index (κ1) is 14.8. The lowest BCUT2D eigenvalue weighted by Gasteiger charge is -2.19. The van der Waals surface area contributed by atoms with Crippen molar-refractivity contribution in [3.8, 4) is 11.5 Å². The predicted octanol–water partition coefficient (Wildman–Crippen LogP) is 0.364. The molecule has 1 aliphatic heterocycles. The van der Waals surface area contributed by atoms with Crippen molar-refractivity contribution in [1.82, 2.24) is 5.32 Å². The minimum Gasteiger partial charge on any atom is -0.486 e. The lowest BCUT2D eigenvalue weighted by Crippen LogP contribution is -2.30. The second-order valence-corrected chi connectivity index (χ2v) is 5.92. The van der Waals surface area contributed by atoms with Gasteiger partial charge in [-0.2, -0.15) is 0 Å². The van der Waals surface area contributed by atoms with Gasteiger partial charge in [0.2, 0.25) is 5.91 Å². The molecule has 20 heavy (non-hydrogen) atoms. The van der Waals surface area contributed by atoms with Crippen molar-refractivity contribution in [3.63, 3.8) is 0 Å². The quantitative estimate of drug-likeness (QED) is 0.742. The third-order valence-electron chi connectivity index (χ3n) is 2.68. The van der Waals surface area contributed by atoms with Crippen molar-refractivity contribution in [2.75, 3.05) is 43.6 Å². The zero-order valence-corrected chi connectivity index (χ0v) is 12.1. The second kappa shape index (κ2) is 7.25. The van der Waals surface area contributed by atoms with Crippen LogP contribution in [0.2, 0.25) is 0 Å². The van der Waals surface area contributed by atoms with Gasteiger partial charge in [-0.15, -0.1) is 0 Å². The first-order valence-electron chi connectivity index (χ1n) is 6.35. The highest BCUT2D eigenvalue weighted by Gasteiger charge is 2.12. The summed E-state index contributed by atoms with van der Waals surface area (Å²) in [4.78, 5) is 11.7. The van der Waals surface area contributed by atoms with Crippen LogP contribution >= 0.6 is 0 Å². The lowest BCUT2D eigenvalue weighted by atomic mass is 10.2. The van der Waals surface area contributed by atoms with Gasteiger partial charge in [0.1, 0.15) is 13.2 Å². The van der Waals surface area contributed by atoms with Crippen molar-refractivity contribution in [2.24, 2.45) is 0 Å². The molecule has 110 valence electrons. The van der Waals surface area contributed by atoms with Gasteiger partial charge in [0.25, 0.3) is 0 Å². The summed E-state index contributed by atoms with van der Waals surface area (Å²) in [6.45, 7) is 1.80. The van der Waals surface area contributed by atoms with Crippen LogP contribution in [-0.2, 0) is 15.6 Å². The maximum Gasteiger partial charge on any atom is 0.238 e. The Morgan fingerprint density at radius 2 is 2.05 bits per heavy atom. The molecule has 0 aromatic heterocycles. The molecule has 1 atom stereocenters. The molecule has 6 nitrogen and oxygen atoms in total. The van der Waals surface area contributed by atoms with Crippen LogP contribution in [0.5, 0.6) is 11.5 Å². The molecule has 0 fully saturated rings. The van der Waals surface area contributed by atoms with E-state index in [0.29, 0.717) is 42.7 Å². The summed E-state index contributed by atoms with van der Waals surface area (Å²) in [6.07, 6.45) is 1.64.